The molecule has 0 saturated carbocycles. The van der Waals surface area contributed by atoms with E-state index in [1.807, 2.05) is 0 Å². The average molecular weight is 264 g/mol. The van der Waals surface area contributed by atoms with Crippen LogP contribution in [0.15, 0.2) is 24.3 Å². The number of carboxylic acids is 1. The van der Waals surface area contributed by atoms with Crippen LogP contribution in [0.4, 0.5) is 5.82 Å². The highest BCUT2D eigenvalue weighted by atomic mass is 35.5. The Bertz CT molecular complexity index is 629. The molecule has 2 rings (SSSR count). The van der Waals surface area contributed by atoms with Crippen LogP contribution < -0.4 is 5.73 Å². The highest BCUT2D eigenvalue weighted by molar-refractivity contribution is 6.28. The van der Waals surface area contributed by atoms with Gasteiger partial charge in [-0.25, -0.2) is 14.8 Å². The molecule has 0 amide bonds. The van der Waals surface area contributed by atoms with Crippen LogP contribution in [0.25, 0.3) is 11.3 Å². The van der Waals surface area contributed by atoms with Gasteiger partial charge in [-0.1, -0.05) is 18.2 Å². The second-order valence-corrected chi connectivity index (χ2v) is 4.04. The molecule has 3 N–H and O–H groups in total. The molecule has 5 nitrogen and oxygen atoms in total. The van der Waals surface area contributed by atoms with Gasteiger partial charge in [0, 0.05) is 11.1 Å². The molecule has 0 radical (unpaired) electrons. The van der Waals surface area contributed by atoms with Crippen LogP contribution in [-0.4, -0.2) is 21.0 Å². The van der Waals surface area contributed by atoms with Crippen molar-refractivity contribution in [3.05, 3.63) is 40.7 Å². The molecular formula is C12H10ClN3O2. The van der Waals surface area contributed by atoms with Gasteiger partial charge >= 0.3 is 5.97 Å². The van der Waals surface area contributed by atoms with Gasteiger partial charge in [0.1, 0.15) is 5.82 Å². The van der Waals surface area contributed by atoms with Gasteiger partial charge in [0.25, 0.3) is 0 Å². The van der Waals surface area contributed by atoms with Crippen molar-refractivity contribution in [1.29, 1.82) is 0 Å². The number of anilines is 1. The summed E-state index contributed by atoms with van der Waals surface area (Å²) < 4.78 is 0. The molecule has 0 aliphatic carbocycles. The van der Waals surface area contributed by atoms with Gasteiger partial charge in [-0.15, -0.1) is 0 Å². The quantitative estimate of drug-likeness (QED) is 0.812. The zero-order valence-electron chi connectivity index (χ0n) is 9.51. The molecule has 18 heavy (non-hydrogen) atoms. The van der Waals surface area contributed by atoms with Crippen molar-refractivity contribution in [2.24, 2.45) is 0 Å². The molecule has 1 aromatic carbocycles. The molecule has 0 atom stereocenters. The summed E-state index contributed by atoms with van der Waals surface area (Å²) in [7, 11) is 0. The number of nitrogens with two attached hydrogens (primary N) is 1. The number of carbonyl (C=O) groups is 1. The number of nitrogens with zero attached hydrogens (tertiary/aromatic N) is 2. The number of nitrogen functional groups attached to an aromatic ring is 1. The predicted molar refractivity (Wildman–Crippen MR) is 68.6 cm³/mol. The van der Waals surface area contributed by atoms with Crippen LogP contribution in [-0.2, 0) is 0 Å². The van der Waals surface area contributed by atoms with Crippen molar-refractivity contribution in [2.45, 2.75) is 6.92 Å². The molecule has 92 valence electrons. The normalized spacial score (nSPS) is 10.3. The minimum atomic E-state index is -1.03. The van der Waals surface area contributed by atoms with E-state index in [9.17, 15) is 4.79 Å². The van der Waals surface area contributed by atoms with Gasteiger partial charge in [-0.3, -0.25) is 0 Å². The van der Waals surface area contributed by atoms with Gasteiger partial charge in [-0.05, 0) is 24.6 Å². The van der Waals surface area contributed by atoms with E-state index < -0.39 is 5.97 Å². The molecule has 0 unspecified atom stereocenters. The van der Waals surface area contributed by atoms with E-state index in [2.05, 4.69) is 9.97 Å². The third kappa shape index (κ3) is 2.12. The van der Waals surface area contributed by atoms with Crippen molar-refractivity contribution in [1.82, 2.24) is 9.97 Å². The van der Waals surface area contributed by atoms with Gasteiger partial charge in [0.05, 0.1) is 11.3 Å². The standard InChI is InChI=1S/C12H10ClN3O2/c1-6-9(15-12(13)16-10(6)14)7-4-2-3-5-8(7)11(17)18/h2-5H,1H3,(H,17,18)(H2,14,15,16). The second-order valence-electron chi connectivity index (χ2n) is 3.70. The summed E-state index contributed by atoms with van der Waals surface area (Å²) in [6, 6.07) is 6.54. The Balaban J connectivity index is 2.73. The number of hydrogen-bond acceptors (Lipinski definition) is 4. The lowest BCUT2D eigenvalue weighted by Crippen LogP contribution is -2.04. The molecule has 0 saturated heterocycles. The fraction of sp³-hybridized carbons (Fsp3) is 0.0833. The summed E-state index contributed by atoms with van der Waals surface area (Å²) in [5.41, 5.74) is 7.36. The van der Waals surface area contributed by atoms with Crippen molar-refractivity contribution >= 4 is 23.4 Å². The van der Waals surface area contributed by atoms with Crippen LogP contribution in [0.3, 0.4) is 0 Å². The summed E-state index contributed by atoms with van der Waals surface area (Å²) in [4.78, 5) is 19.0. The van der Waals surface area contributed by atoms with Crippen LogP contribution >= 0.6 is 11.6 Å². The summed E-state index contributed by atoms with van der Waals surface area (Å²) in [5, 5.41) is 9.14. The number of carboxylic acid groups (broad SMARTS) is 1. The van der Waals surface area contributed by atoms with Crippen molar-refractivity contribution < 1.29 is 9.90 Å². The van der Waals surface area contributed by atoms with E-state index in [1.165, 1.54) is 6.07 Å². The van der Waals surface area contributed by atoms with Crippen LogP contribution in [0.2, 0.25) is 5.28 Å². The largest absolute Gasteiger partial charge is 0.478 e. The Labute approximate surface area is 108 Å². The molecule has 0 fully saturated rings. The Morgan fingerprint density at radius 3 is 2.67 bits per heavy atom. The fourth-order valence-electron chi connectivity index (χ4n) is 1.64. The molecule has 0 aliphatic heterocycles. The van der Waals surface area contributed by atoms with Gasteiger partial charge in [0.2, 0.25) is 5.28 Å². The van der Waals surface area contributed by atoms with E-state index in [0.29, 0.717) is 16.8 Å². The number of aromatic carboxylic acids is 1. The van der Waals surface area contributed by atoms with E-state index in [0.717, 1.165) is 0 Å². The third-order valence-electron chi connectivity index (χ3n) is 2.57. The lowest BCUT2D eigenvalue weighted by molar-refractivity contribution is 0.0697. The Morgan fingerprint density at radius 1 is 1.33 bits per heavy atom. The average Bonchev–Trinajstić information content (AvgIpc) is 2.33. The van der Waals surface area contributed by atoms with Gasteiger partial charge < -0.3 is 10.8 Å². The number of rotatable bonds is 2. The first kappa shape index (κ1) is 12.3. The smallest absolute Gasteiger partial charge is 0.336 e. The lowest BCUT2D eigenvalue weighted by atomic mass is 10.0. The SMILES string of the molecule is Cc1c(N)nc(Cl)nc1-c1ccccc1C(=O)O. The molecule has 0 spiro atoms. The monoisotopic (exact) mass is 263 g/mol. The van der Waals surface area contributed by atoms with E-state index >= 15 is 0 Å². The summed E-state index contributed by atoms with van der Waals surface area (Å²) in [6.07, 6.45) is 0. The van der Waals surface area contributed by atoms with E-state index in [-0.39, 0.29) is 16.7 Å². The van der Waals surface area contributed by atoms with Crippen LogP contribution in [0.5, 0.6) is 0 Å². The lowest BCUT2D eigenvalue weighted by Gasteiger charge is -2.10. The summed E-state index contributed by atoms with van der Waals surface area (Å²) in [6.45, 7) is 1.72. The number of halogens is 1. The van der Waals surface area contributed by atoms with E-state index in [1.54, 1.807) is 25.1 Å². The minimum absolute atomic E-state index is 0.00621. The Hall–Kier alpha value is -2.14. The Kier molecular flexibility index (Phi) is 3.16. The second kappa shape index (κ2) is 4.62. The highest BCUT2D eigenvalue weighted by Gasteiger charge is 2.16. The zero-order valence-corrected chi connectivity index (χ0v) is 10.3. The maximum absolute atomic E-state index is 11.2. The van der Waals surface area contributed by atoms with Crippen molar-refractivity contribution in [3.63, 3.8) is 0 Å². The molecule has 0 bridgehead atoms. The first-order valence-electron chi connectivity index (χ1n) is 5.13. The first-order chi connectivity index (χ1) is 8.50. The Morgan fingerprint density at radius 2 is 2.00 bits per heavy atom. The van der Waals surface area contributed by atoms with Crippen molar-refractivity contribution in [2.75, 3.05) is 5.73 Å². The van der Waals surface area contributed by atoms with Gasteiger partial charge in [0.15, 0.2) is 0 Å². The van der Waals surface area contributed by atoms with Crippen LogP contribution in [0.1, 0.15) is 15.9 Å². The maximum atomic E-state index is 11.2. The summed E-state index contributed by atoms with van der Waals surface area (Å²) in [5.74, 6) is -0.788. The molecule has 6 heteroatoms. The third-order valence-corrected chi connectivity index (χ3v) is 2.74. The van der Waals surface area contributed by atoms with Gasteiger partial charge in [-0.2, -0.15) is 0 Å². The molecule has 2 aromatic rings. The first-order valence-corrected chi connectivity index (χ1v) is 5.51. The molecule has 1 aromatic heterocycles. The molecule has 1 heterocycles. The zero-order chi connectivity index (χ0) is 13.3. The summed E-state index contributed by atoms with van der Waals surface area (Å²) >= 11 is 5.75. The number of aromatic nitrogens is 2. The highest BCUT2D eigenvalue weighted by Crippen LogP contribution is 2.28. The maximum Gasteiger partial charge on any atom is 0.336 e. The molecule has 0 aliphatic rings. The van der Waals surface area contributed by atoms with Crippen molar-refractivity contribution in [3.8, 4) is 11.3 Å². The number of benzene rings is 1. The number of hydrogen-bond donors (Lipinski definition) is 2. The predicted octanol–water partition coefficient (Wildman–Crippen LogP) is 2.39. The minimum Gasteiger partial charge on any atom is -0.478 e. The topological polar surface area (TPSA) is 89.1 Å². The van der Waals surface area contributed by atoms with Crippen LogP contribution in [0, 0.1) is 6.92 Å². The fourth-order valence-corrected chi connectivity index (χ4v) is 1.82. The van der Waals surface area contributed by atoms with E-state index in [4.69, 9.17) is 22.4 Å². The molecular weight excluding hydrogens is 254 g/mol.